The molecule has 2 aromatic rings. The van der Waals surface area contributed by atoms with Gasteiger partial charge >= 0.3 is 0 Å². The number of carbonyl (C=O) groups is 1. The smallest absolute Gasteiger partial charge is 0.261 e. The highest BCUT2D eigenvalue weighted by Gasteiger charge is 2.56. The number of rotatable bonds is 10. The Labute approximate surface area is 228 Å². The number of hydrogen-bond donors (Lipinski definition) is 0. The molecule has 0 saturated carbocycles. The zero-order valence-corrected chi connectivity index (χ0v) is 25.2. The monoisotopic (exact) mass is 541 g/mol. The second-order valence-electron chi connectivity index (χ2n) is 11.9. The van der Waals surface area contributed by atoms with Gasteiger partial charge in [-0.1, -0.05) is 88.4 Å². The average molecular weight is 542 g/mol. The fourth-order valence-corrected chi connectivity index (χ4v) is 11.0. The largest absolute Gasteiger partial charge is 0.407 e. The first kappa shape index (κ1) is 28.4. The fourth-order valence-electron chi connectivity index (χ4n) is 5.80. The van der Waals surface area contributed by atoms with Gasteiger partial charge in [-0.15, -0.1) is 0 Å². The van der Waals surface area contributed by atoms with E-state index in [1.165, 1.54) is 10.4 Å². The van der Waals surface area contributed by atoms with Gasteiger partial charge in [0.2, 0.25) is 0 Å². The first-order chi connectivity index (χ1) is 17.5. The van der Waals surface area contributed by atoms with E-state index in [0.717, 1.165) is 12.2 Å². The van der Waals surface area contributed by atoms with Crippen LogP contribution in [-0.2, 0) is 18.7 Å². The van der Waals surface area contributed by atoms with Gasteiger partial charge < -0.3 is 18.8 Å². The third kappa shape index (κ3) is 5.71. The van der Waals surface area contributed by atoms with Crippen LogP contribution in [0.1, 0.15) is 48.0 Å². The van der Waals surface area contributed by atoms with Crippen LogP contribution in [0.3, 0.4) is 0 Å². The van der Waals surface area contributed by atoms with Gasteiger partial charge in [-0.2, -0.15) is 11.8 Å². The number of carbonyl (C=O) groups excluding carboxylic acids is 1. The molecular weight excluding hydrogens is 498 g/mol. The molecule has 4 atom stereocenters. The number of epoxide rings is 1. The van der Waals surface area contributed by atoms with Crippen LogP contribution in [0.2, 0.25) is 5.04 Å². The van der Waals surface area contributed by atoms with Gasteiger partial charge in [-0.05, 0) is 47.7 Å². The summed E-state index contributed by atoms with van der Waals surface area (Å²) in [6.45, 7) is 14.1. The van der Waals surface area contributed by atoms with Crippen LogP contribution in [0.25, 0.3) is 0 Å². The van der Waals surface area contributed by atoms with Crippen molar-refractivity contribution >= 4 is 36.4 Å². The molecule has 1 amide bonds. The molecule has 2 aliphatic rings. The zero-order valence-electron chi connectivity index (χ0n) is 23.4. The van der Waals surface area contributed by atoms with Gasteiger partial charge in [0, 0.05) is 12.5 Å². The lowest BCUT2D eigenvalue weighted by Gasteiger charge is -2.43. The summed E-state index contributed by atoms with van der Waals surface area (Å²) in [4.78, 5) is 15.5. The number of ether oxygens (including phenoxy) is 2. The quantitative estimate of drug-likeness (QED) is 0.323. The van der Waals surface area contributed by atoms with Crippen molar-refractivity contribution in [3.05, 3.63) is 60.7 Å². The van der Waals surface area contributed by atoms with Crippen molar-refractivity contribution < 1.29 is 18.7 Å². The molecule has 5 nitrogen and oxygen atoms in total. The van der Waals surface area contributed by atoms with Gasteiger partial charge in [-0.3, -0.25) is 4.79 Å². The van der Waals surface area contributed by atoms with Gasteiger partial charge in [0.05, 0.1) is 18.8 Å². The van der Waals surface area contributed by atoms with Crippen LogP contribution in [0.4, 0.5) is 0 Å². The third-order valence-corrected chi connectivity index (χ3v) is 13.4. The molecule has 2 aromatic carbocycles. The zero-order chi connectivity index (χ0) is 26.8. The van der Waals surface area contributed by atoms with E-state index < -0.39 is 20.1 Å². The van der Waals surface area contributed by atoms with Gasteiger partial charge in [0.15, 0.2) is 6.10 Å². The Kier molecular flexibility index (Phi) is 8.61. The molecule has 2 aliphatic heterocycles. The highest BCUT2D eigenvalue weighted by atomic mass is 32.2. The maximum absolute atomic E-state index is 13.6. The van der Waals surface area contributed by atoms with E-state index in [0.29, 0.717) is 13.2 Å². The van der Waals surface area contributed by atoms with Crippen LogP contribution in [-0.4, -0.2) is 68.3 Å². The average Bonchev–Trinajstić information content (AvgIpc) is 3.61. The Balaban J connectivity index is 1.52. The first-order valence-electron chi connectivity index (χ1n) is 13.4. The molecule has 0 bridgehead atoms. The van der Waals surface area contributed by atoms with E-state index in [1.807, 2.05) is 18.7 Å². The maximum Gasteiger partial charge on any atom is 0.261 e. The lowest BCUT2D eigenvalue weighted by molar-refractivity contribution is -0.147. The van der Waals surface area contributed by atoms with Crippen molar-refractivity contribution in [2.24, 2.45) is 5.92 Å². The van der Waals surface area contributed by atoms with E-state index in [1.54, 1.807) is 11.8 Å². The molecule has 0 unspecified atom stereocenters. The molecule has 202 valence electrons. The van der Waals surface area contributed by atoms with Gasteiger partial charge in [0.1, 0.15) is 5.72 Å². The Hall–Kier alpha value is -1.64. The molecular formula is C30H43NO4SSi. The summed E-state index contributed by atoms with van der Waals surface area (Å²) >= 11 is 1.80. The number of benzene rings is 2. The predicted octanol–water partition coefficient (Wildman–Crippen LogP) is 4.68. The topological polar surface area (TPSA) is 51.3 Å². The van der Waals surface area contributed by atoms with Crippen molar-refractivity contribution in [2.75, 3.05) is 25.2 Å². The van der Waals surface area contributed by atoms with Crippen LogP contribution in [0.5, 0.6) is 0 Å². The second kappa shape index (κ2) is 11.2. The molecule has 2 fully saturated rings. The lowest BCUT2D eigenvalue weighted by atomic mass is 10.0. The standard InChI is InChI=1S/C30H43NO4SSi/c1-22(26-27(35-26)28(32)31-23(18-19-36-7)21-33-30(31,5)6)20-34-37(29(2,3)4,24-14-10-8-11-15-24)25-16-12-9-13-17-25/h8-17,22-23,26-27H,18-21H2,1-7H3/t22-,23+,26-,27+/m0/s1. The van der Waals surface area contributed by atoms with Crippen LogP contribution in [0, 0.1) is 5.92 Å². The third-order valence-electron chi connectivity index (χ3n) is 7.78. The van der Waals surface area contributed by atoms with Gasteiger partial charge in [-0.25, -0.2) is 0 Å². The SMILES string of the molecule is CSCC[C@@H]1COC(C)(C)N1C(=O)[C@@H]1O[C@H]1[C@@H](C)CO[Si](c1ccccc1)(c1ccccc1)C(C)(C)C. The molecule has 37 heavy (non-hydrogen) atoms. The van der Waals surface area contributed by atoms with Crippen molar-refractivity contribution in [1.29, 1.82) is 0 Å². The van der Waals surface area contributed by atoms with E-state index in [9.17, 15) is 4.79 Å². The van der Waals surface area contributed by atoms with Crippen molar-refractivity contribution in [1.82, 2.24) is 4.90 Å². The lowest BCUT2D eigenvalue weighted by Crippen LogP contribution is -2.67. The summed E-state index contributed by atoms with van der Waals surface area (Å²) in [5, 5.41) is 2.44. The van der Waals surface area contributed by atoms with Crippen molar-refractivity contribution in [2.45, 2.75) is 77.0 Å². The number of hydrogen-bond acceptors (Lipinski definition) is 5. The maximum atomic E-state index is 13.6. The first-order valence-corrected chi connectivity index (χ1v) is 16.7. The summed E-state index contributed by atoms with van der Waals surface area (Å²) in [6, 6.07) is 21.5. The number of nitrogens with zero attached hydrogens (tertiary/aromatic N) is 1. The van der Waals surface area contributed by atoms with E-state index in [4.69, 9.17) is 13.9 Å². The Morgan fingerprint density at radius 1 is 1.11 bits per heavy atom. The highest BCUT2D eigenvalue weighted by Crippen LogP contribution is 2.40. The summed E-state index contributed by atoms with van der Waals surface area (Å²) in [6.07, 6.45) is 2.47. The second-order valence-corrected chi connectivity index (χ2v) is 17.2. The molecule has 0 aliphatic carbocycles. The molecule has 0 aromatic heterocycles. The number of thioether (sulfide) groups is 1. The molecule has 0 radical (unpaired) electrons. The molecule has 2 heterocycles. The van der Waals surface area contributed by atoms with Gasteiger partial charge in [0.25, 0.3) is 14.2 Å². The minimum absolute atomic E-state index is 0.0518. The van der Waals surface area contributed by atoms with Crippen molar-refractivity contribution in [3.63, 3.8) is 0 Å². The summed E-state index contributed by atoms with van der Waals surface area (Å²) in [5.41, 5.74) is -0.606. The van der Waals surface area contributed by atoms with E-state index in [2.05, 4.69) is 94.6 Å². The number of amides is 1. The molecule has 2 saturated heterocycles. The van der Waals surface area contributed by atoms with E-state index in [-0.39, 0.29) is 29.0 Å². The summed E-state index contributed by atoms with van der Waals surface area (Å²) in [5.74, 6) is 1.15. The fraction of sp³-hybridized carbons (Fsp3) is 0.567. The predicted molar refractivity (Wildman–Crippen MR) is 155 cm³/mol. The van der Waals surface area contributed by atoms with Crippen LogP contribution in [0.15, 0.2) is 60.7 Å². The molecule has 0 N–H and O–H groups in total. The Bertz CT molecular complexity index is 1000. The van der Waals surface area contributed by atoms with Crippen molar-refractivity contribution in [3.8, 4) is 0 Å². The summed E-state index contributed by atoms with van der Waals surface area (Å²) < 4.78 is 19.2. The van der Waals surface area contributed by atoms with Crippen LogP contribution >= 0.6 is 11.8 Å². The Morgan fingerprint density at radius 2 is 1.68 bits per heavy atom. The molecule has 7 heteroatoms. The molecule has 0 spiro atoms. The van der Waals surface area contributed by atoms with Crippen LogP contribution < -0.4 is 10.4 Å². The minimum atomic E-state index is -2.63. The molecule has 4 rings (SSSR count). The minimum Gasteiger partial charge on any atom is -0.407 e. The summed E-state index contributed by atoms with van der Waals surface area (Å²) in [7, 11) is -2.63. The van der Waals surface area contributed by atoms with E-state index >= 15 is 0 Å². The normalized spacial score (nSPS) is 24.2. The highest BCUT2D eigenvalue weighted by molar-refractivity contribution is 7.98. The Morgan fingerprint density at radius 3 is 2.19 bits per heavy atom.